The van der Waals surface area contributed by atoms with Gasteiger partial charge in [-0.3, -0.25) is 4.98 Å². The first kappa shape index (κ1) is 12.7. The summed E-state index contributed by atoms with van der Waals surface area (Å²) >= 11 is 0. The number of benzene rings is 1. The molecule has 0 saturated heterocycles. The fourth-order valence-electron chi connectivity index (χ4n) is 1.94. The largest absolute Gasteiger partial charge is 0.417 e. The van der Waals surface area contributed by atoms with Crippen LogP contribution < -0.4 is 10.7 Å². The van der Waals surface area contributed by atoms with Crippen molar-refractivity contribution in [1.82, 2.24) is 4.98 Å². The van der Waals surface area contributed by atoms with Crippen LogP contribution in [-0.2, 0) is 0 Å². The SMILES string of the molecule is CN(c1ccc2oc(=O)[nH]c2c1)C(C)(C)CCO. The highest BCUT2D eigenvalue weighted by Crippen LogP contribution is 2.26. The molecule has 0 aliphatic heterocycles. The molecule has 0 fully saturated rings. The third-order valence-electron chi connectivity index (χ3n) is 3.42. The van der Waals surface area contributed by atoms with Gasteiger partial charge in [-0.1, -0.05) is 0 Å². The van der Waals surface area contributed by atoms with Crippen molar-refractivity contribution in [3.05, 3.63) is 28.7 Å². The van der Waals surface area contributed by atoms with Gasteiger partial charge in [0.25, 0.3) is 0 Å². The molecule has 98 valence electrons. The number of aromatic nitrogens is 1. The van der Waals surface area contributed by atoms with E-state index in [1.54, 1.807) is 6.07 Å². The fourth-order valence-corrected chi connectivity index (χ4v) is 1.94. The molecule has 0 spiro atoms. The van der Waals surface area contributed by atoms with Crippen molar-refractivity contribution in [3.8, 4) is 0 Å². The fraction of sp³-hybridized carbons (Fsp3) is 0.462. The van der Waals surface area contributed by atoms with Crippen LogP contribution in [0.2, 0.25) is 0 Å². The van der Waals surface area contributed by atoms with Crippen LogP contribution in [0.3, 0.4) is 0 Å². The van der Waals surface area contributed by atoms with Crippen molar-refractivity contribution in [2.45, 2.75) is 25.8 Å². The first-order valence-electron chi connectivity index (χ1n) is 5.91. The summed E-state index contributed by atoms with van der Waals surface area (Å²) in [5.74, 6) is -0.445. The normalized spacial score (nSPS) is 12.0. The molecule has 1 heterocycles. The second kappa shape index (κ2) is 4.49. The summed E-state index contributed by atoms with van der Waals surface area (Å²) in [5, 5.41) is 9.08. The first-order valence-corrected chi connectivity index (χ1v) is 5.91. The zero-order valence-electron chi connectivity index (χ0n) is 10.9. The second-order valence-corrected chi connectivity index (χ2v) is 5.04. The number of aliphatic hydroxyl groups excluding tert-OH is 1. The van der Waals surface area contributed by atoms with Gasteiger partial charge in [-0.15, -0.1) is 0 Å². The highest BCUT2D eigenvalue weighted by Gasteiger charge is 2.23. The summed E-state index contributed by atoms with van der Waals surface area (Å²) in [7, 11) is 1.97. The Kier molecular flexibility index (Phi) is 3.17. The van der Waals surface area contributed by atoms with E-state index in [1.807, 2.05) is 19.2 Å². The molecule has 5 nitrogen and oxygen atoms in total. The monoisotopic (exact) mass is 250 g/mol. The van der Waals surface area contributed by atoms with Gasteiger partial charge in [-0.2, -0.15) is 0 Å². The molecule has 0 saturated carbocycles. The highest BCUT2D eigenvalue weighted by molar-refractivity contribution is 5.77. The summed E-state index contributed by atoms with van der Waals surface area (Å²) < 4.78 is 4.97. The minimum atomic E-state index is -0.445. The standard InChI is InChI=1S/C13H18N2O3/c1-13(2,6-7-16)15(3)9-4-5-11-10(8-9)14-12(17)18-11/h4-5,8,16H,6-7H2,1-3H3,(H,14,17). The number of fused-ring (bicyclic) bond motifs is 1. The molecule has 0 amide bonds. The number of anilines is 1. The van der Waals surface area contributed by atoms with Crippen molar-refractivity contribution in [1.29, 1.82) is 0 Å². The van der Waals surface area contributed by atoms with E-state index < -0.39 is 5.76 Å². The van der Waals surface area contributed by atoms with Crippen molar-refractivity contribution in [3.63, 3.8) is 0 Å². The molecule has 1 aromatic heterocycles. The lowest BCUT2D eigenvalue weighted by Gasteiger charge is -2.37. The number of oxazole rings is 1. The minimum Gasteiger partial charge on any atom is -0.408 e. The lowest BCUT2D eigenvalue weighted by Crippen LogP contribution is -2.41. The number of hydrogen-bond donors (Lipinski definition) is 2. The van der Waals surface area contributed by atoms with Crippen molar-refractivity contribution in [2.75, 3.05) is 18.6 Å². The van der Waals surface area contributed by atoms with Gasteiger partial charge in [0.1, 0.15) is 0 Å². The van der Waals surface area contributed by atoms with Gasteiger partial charge >= 0.3 is 5.76 Å². The quantitative estimate of drug-likeness (QED) is 0.866. The van der Waals surface area contributed by atoms with E-state index in [1.165, 1.54) is 0 Å². The van der Waals surface area contributed by atoms with Crippen LogP contribution in [0, 0.1) is 0 Å². The number of rotatable bonds is 4. The number of H-pyrrole nitrogens is 1. The van der Waals surface area contributed by atoms with E-state index in [-0.39, 0.29) is 12.1 Å². The average Bonchev–Trinajstić information content (AvgIpc) is 2.66. The van der Waals surface area contributed by atoms with Gasteiger partial charge in [0.05, 0.1) is 5.52 Å². The predicted molar refractivity (Wildman–Crippen MR) is 71.0 cm³/mol. The third kappa shape index (κ3) is 2.26. The molecule has 1 aromatic carbocycles. The molecule has 2 rings (SSSR count). The summed E-state index contributed by atoms with van der Waals surface area (Å²) in [5.41, 5.74) is 2.05. The minimum absolute atomic E-state index is 0.141. The van der Waals surface area contributed by atoms with Crippen molar-refractivity contribution in [2.24, 2.45) is 0 Å². The maximum Gasteiger partial charge on any atom is 0.417 e. The van der Waals surface area contributed by atoms with Crippen LogP contribution >= 0.6 is 0 Å². The van der Waals surface area contributed by atoms with E-state index in [0.717, 1.165) is 5.69 Å². The molecule has 2 N–H and O–H groups in total. The Bertz CT molecular complexity index is 598. The number of nitrogens with zero attached hydrogens (tertiary/aromatic N) is 1. The Labute approximate surface area is 105 Å². The van der Waals surface area contributed by atoms with Gasteiger partial charge in [0.15, 0.2) is 5.58 Å². The van der Waals surface area contributed by atoms with Crippen LogP contribution in [-0.4, -0.2) is 29.3 Å². The van der Waals surface area contributed by atoms with Crippen LogP contribution in [0.1, 0.15) is 20.3 Å². The molecule has 0 aliphatic carbocycles. The smallest absolute Gasteiger partial charge is 0.408 e. The number of aromatic amines is 1. The van der Waals surface area contributed by atoms with Crippen LogP contribution in [0.15, 0.2) is 27.4 Å². The number of nitrogens with one attached hydrogen (secondary N) is 1. The second-order valence-electron chi connectivity index (χ2n) is 5.04. The zero-order valence-corrected chi connectivity index (χ0v) is 10.9. The molecule has 0 radical (unpaired) electrons. The molecule has 0 aliphatic rings. The molecule has 0 unspecified atom stereocenters. The molecule has 2 aromatic rings. The summed E-state index contributed by atoms with van der Waals surface area (Å²) in [6.45, 7) is 4.26. The van der Waals surface area contributed by atoms with Crippen LogP contribution in [0.5, 0.6) is 0 Å². The highest BCUT2D eigenvalue weighted by atomic mass is 16.4. The maximum atomic E-state index is 11.1. The topological polar surface area (TPSA) is 69.5 Å². The van der Waals surface area contributed by atoms with Crippen molar-refractivity contribution < 1.29 is 9.52 Å². The number of aliphatic hydroxyl groups is 1. The zero-order chi connectivity index (χ0) is 13.3. The first-order chi connectivity index (χ1) is 8.44. The Morgan fingerprint density at radius 3 is 2.83 bits per heavy atom. The van der Waals surface area contributed by atoms with Crippen LogP contribution in [0.4, 0.5) is 5.69 Å². The summed E-state index contributed by atoms with van der Waals surface area (Å²) in [6, 6.07) is 5.55. The van der Waals surface area contributed by atoms with Gasteiger partial charge in [-0.25, -0.2) is 4.79 Å². The van der Waals surface area contributed by atoms with E-state index in [9.17, 15) is 4.79 Å². The molecule has 0 bridgehead atoms. The van der Waals surface area contributed by atoms with E-state index >= 15 is 0 Å². The average molecular weight is 250 g/mol. The lowest BCUT2D eigenvalue weighted by atomic mass is 9.98. The molecular formula is C13H18N2O3. The summed E-state index contributed by atoms with van der Waals surface area (Å²) in [6.07, 6.45) is 0.670. The maximum absolute atomic E-state index is 11.1. The Balaban J connectivity index is 2.38. The molecule has 18 heavy (non-hydrogen) atoms. The number of hydrogen-bond acceptors (Lipinski definition) is 4. The van der Waals surface area contributed by atoms with E-state index in [0.29, 0.717) is 17.5 Å². The third-order valence-corrected chi connectivity index (χ3v) is 3.42. The Morgan fingerprint density at radius 2 is 2.17 bits per heavy atom. The molecule has 5 heteroatoms. The van der Waals surface area contributed by atoms with E-state index in [4.69, 9.17) is 9.52 Å². The van der Waals surface area contributed by atoms with Gasteiger partial charge in [-0.05, 0) is 38.5 Å². The van der Waals surface area contributed by atoms with Crippen LogP contribution in [0.25, 0.3) is 11.1 Å². The molecular weight excluding hydrogens is 232 g/mol. The van der Waals surface area contributed by atoms with E-state index in [2.05, 4.69) is 23.7 Å². The van der Waals surface area contributed by atoms with Gasteiger partial charge in [0, 0.05) is 24.9 Å². The van der Waals surface area contributed by atoms with Crippen molar-refractivity contribution >= 4 is 16.8 Å². The van der Waals surface area contributed by atoms with Gasteiger partial charge in [0.2, 0.25) is 0 Å². The predicted octanol–water partition coefficient (Wildman–Crippen LogP) is 1.72. The summed E-state index contributed by atoms with van der Waals surface area (Å²) in [4.78, 5) is 15.8. The Hall–Kier alpha value is -1.75. The van der Waals surface area contributed by atoms with Gasteiger partial charge < -0.3 is 14.4 Å². The lowest BCUT2D eigenvalue weighted by molar-refractivity contribution is 0.250. The molecule has 0 atom stereocenters. The Morgan fingerprint density at radius 1 is 1.44 bits per heavy atom.